The fourth-order valence-corrected chi connectivity index (χ4v) is 2.28. The fraction of sp³-hybridized carbons (Fsp3) is 0.538. The Bertz CT molecular complexity index is 632. The van der Waals surface area contributed by atoms with E-state index in [4.69, 9.17) is 0 Å². The van der Waals surface area contributed by atoms with Gasteiger partial charge in [0.25, 0.3) is 5.56 Å². The molecule has 0 aromatic carbocycles. The highest BCUT2D eigenvalue weighted by molar-refractivity contribution is 5.50. The molecular formula is C13H17N3O. The first kappa shape index (κ1) is 10.6. The van der Waals surface area contributed by atoms with Crippen LogP contribution in [-0.4, -0.2) is 14.2 Å². The molecule has 0 radical (unpaired) electrons. The summed E-state index contributed by atoms with van der Waals surface area (Å²) in [6, 6.07) is 2.04. The van der Waals surface area contributed by atoms with Gasteiger partial charge in [-0.2, -0.15) is 5.10 Å². The van der Waals surface area contributed by atoms with E-state index in [0.29, 0.717) is 11.8 Å². The second kappa shape index (κ2) is 3.45. The Kier molecular flexibility index (Phi) is 2.15. The van der Waals surface area contributed by atoms with Gasteiger partial charge in [0.15, 0.2) is 0 Å². The monoisotopic (exact) mass is 231 g/mol. The first-order valence-corrected chi connectivity index (χ1v) is 6.17. The van der Waals surface area contributed by atoms with Gasteiger partial charge < -0.3 is 0 Å². The summed E-state index contributed by atoms with van der Waals surface area (Å²) in [7, 11) is 1.72. The van der Waals surface area contributed by atoms with Crippen molar-refractivity contribution in [1.82, 2.24) is 14.2 Å². The zero-order valence-corrected chi connectivity index (χ0v) is 10.5. The van der Waals surface area contributed by atoms with Gasteiger partial charge in [0.05, 0.1) is 0 Å². The van der Waals surface area contributed by atoms with E-state index in [1.807, 2.05) is 10.5 Å². The predicted molar refractivity (Wildman–Crippen MR) is 66.5 cm³/mol. The molecule has 0 saturated heterocycles. The van der Waals surface area contributed by atoms with Crippen LogP contribution in [0.5, 0.6) is 0 Å². The second-order valence-electron chi connectivity index (χ2n) is 5.24. The van der Waals surface area contributed by atoms with Crippen LogP contribution in [0.4, 0.5) is 0 Å². The molecule has 2 heterocycles. The standard InChI is InChI=1S/C13H17N3O/c1-8(2)12-14-15(3)13(17)11-6-10(7-16(11)12)9-4-5-9/h6-9H,4-5H2,1-3H3. The highest BCUT2D eigenvalue weighted by Gasteiger charge is 2.26. The lowest BCUT2D eigenvalue weighted by Crippen LogP contribution is -2.24. The molecule has 90 valence electrons. The third kappa shape index (κ3) is 1.59. The second-order valence-corrected chi connectivity index (χ2v) is 5.24. The van der Waals surface area contributed by atoms with Crippen LogP contribution in [0.3, 0.4) is 0 Å². The fourth-order valence-electron chi connectivity index (χ4n) is 2.28. The van der Waals surface area contributed by atoms with E-state index in [0.717, 1.165) is 11.3 Å². The number of nitrogens with zero attached hydrogens (tertiary/aromatic N) is 3. The molecule has 0 N–H and O–H groups in total. The molecule has 17 heavy (non-hydrogen) atoms. The number of aromatic nitrogens is 3. The molecule has 1 aliphatic carbocycles. The molecule has 3 rings (SSSR count). The SMILES string of the molecule is CC(C)c1nn(C)c(=O)c2cc(C3CC3)cn12. The topological polar surface area (TPSA) is 39.3 Å². The van der Waals surface area contributed by atoms with Crippen LogP contribution in [0.2, 0.25) is 0 Å². The lowest BCUT2D eigenvalue weighted by Gasteiger charge is -2.09. The molecule has 0 spiro atoms. The summed E-state index contributed by atoms with van der Waals surface area (Å²) in [6.45, 7) is 4.20. The molecular weight excluding hydrogens is 214 g/mol. The predicted octanol–water partition coefficient (Wildman–Crippen LogP) is 2.03. The van der Waals surface area contributed by atoms with Crippen LogP contribution >= 0.6 is 0 Å². The van der Waals surface area contributed by atoms with Crippen LogP contribution in [0.1, 0.15) is 49.9 Å². The van der Waals surface area contributed by atoms with Crippen molar-refractivity contribution >= 4 is 5.52 Å². The quantitative estimate of drug-likeness (QED) is 0.793. The average molecular weight is 231 g/mol. The van der Waals surface area contributed by atoms with E-state index in [1.54, 1.807) is 7.05 Å². The molecule has 2 aromatic heterocycles. The molecule has 1 fully saturated rings. The number of rotatable bonds is 2. The maximum atomic E-state index is 12.0. The Morgan fingerprint density at radius 3 is 2.71 bits per heavy atom. The largest absolute Gasteiger partial charge is 0.298 e. The Labute approximate surface area is 99.9 Å². The molecule has 2 aromatic rings. The maximum absolute atomic E-state index is 12.0. The summed E-state index contributed by atoms with van der Waals surface area (Å²) >= 11 is 0. The van der Waals surface area contributed by atoms with Crippen molar-refractivity contribution in [3.8, 4) is 0 Å². The van der Waals surface area contributed by atoms with Crippen molar-refractivity contribution in [3.63, 3.8) is 0 Å². The average Bonchev–Trinajstić information content (AvgIpc) is 3.03. The number of hydrogen-bond acceptors (Lipinski definition) is 2. The van der Waals surface area contributed by atoms with E-state index >= 15 is 0 Å². The minimum atomic E-state index is -0.0127. The van der Waals surface area contributed by atoms with Gasteiger partial charge in [0.2, 0.25) is 0 Å². The van der Waals surface area contributed by atoms with E-state index in [1.165, 1.54) is 23.1 Å². The summed E-state index contributed by atoms with van der Waals surface area (Å²) in [5, 5.41) is 4.36. The van der Waals surface area contributed by atoms with Crippen molar-refractivity contribution in [2.75, 3.05) is 0 Å². The zero-order chi connectivity index (χ0) is 12.2. The molecule has 1 aliphatic rings. The highest BCUT2D eigenvalue weighted by atomic mass is 16.1. The van der Waals surface area contributed by atoms with Crippen LogP contribution in [-0.2, 0) is 7.05 Å². The van der Waals surface area contributed by atoms with Crippen LogP contribution in [0.15, 0.2) is 17.1 Å². The summed E-state index contributed by atoms with van der Waals surface area (Å²) in [6.07, 6.45) is 4.60. The lowest BCUT2D eigenvalue weighted by molar-refractivity contribution is 0.618. The molecule has 0 aliphatic heterocycles. The van der Waals surface area contributed by atoms with Gasteiger partial charge in [-0.05, 0) is 30.4 Å². The van der Waals surface area contributed by atoms with Crippen molar-refractivity contribution in [2.45, 2.75) is 38.5 Å². The summed E-state index contributed by atoms with van der Waals surface area (Å²) in [5.41, 5.74) is 2.03. The van der Waals surface area contributed by atoms with Crippen molar-refractivity contribution in [2.24, 2.45) is 7.05 Å². The van der Waals surface area contributed by atoms with Gasteiger partial charge in [-0.25, -0.2) is 4.68 Å². The number of hydrogen-bond donors (Lipinski definition) is 0. The first-order chi connectivity index (χ1) is 8.08. The van der Waals surface area contributed by atoms with Gasteiger partial charge in [-0.15, -0.1) is 0 Å². The van der Waals surface area contributed by atoms with E-state index in [-0.39, 0.29) is 5.56 Å². The van der Waals surface area contributed by atoms with Gasteiger partial charge in [0, 0.05) is 19.2 Å². The Hall–Kier alpha value is -1.58. The molecule has 0 amide bonds. The molecule has 1 saturated carbocycles. The minimum absolute atomic E-state index is 0.0127. The molecule has 4 heteroatoms. The lowest BCUT2D eigenvalue weighted by atomic mass is 10.2. The summed E-state index contributed by atoms with van der Waals surface area (Å²) in [4.78, 5) is 12.0. The van der Waals surface area contributed by atoms with Crippen LogP contribution in [0.25, 0.3) is 5.52 Å². The van der Waals surface area contributed by atoms with Crippen LogP contribution in [0, 0.1) is 0 Å². The Morgan fingerprint density at radius 1 is 1.41 bits per heavy atom. The summed E-state index contributed by atoms with van der Waals surface area (Å²) < 4.78 is 3.42. The van der Waals surface area contributed by atoms with E-state index in [9.17, 15) is 4.79 Å². The molecule has 0 bridgehead atoms. The minimum Gasteiger partial charge on any atom is -0.298 e. The molecule has 4 nitrogen and oxygen atoms in total. The third-order valence-corrected chi connectivity index (χ3v) is 3.42. The van der Waals surface area contributed by atoms with E-state index in [2.05, 4.69) is 25.1 Å². The molecule has 0 atom stereocenters. The number of aryl methyl sites for hydroxylation is 1. The van der Waals surface area contributed by atoms with Gasteiger partial charge in [-0.3, -0.25) is 9.20 Å². The maximum Gasteiger partial charge on any atom is 0.290 e. The summed E-state index contributed by atoms with van der Waals surface area (Å²) in [5.74, 6) is 1.93. The van der Waals surface area contributed by atoms with Gasteiger partial charge in [-0.1, -0.05) is 13.8 Å². The van der Waals surface area contributed by atoms with Gasteiger partial charge in [0.1, 0.15) is 11.3 Å². The number of fused-ring (bicyclic) bond motifs is 1. The third-order valence-electron chi connectivity index (χ3n) is 3.42. The Morgan fingerprint density at radius 2 is 2.12 bits per heavy atom. The highest BCUT2D eigenvalue weighted by Crippen LogP contribution is 2.40. The van der Waals surface area contributed by atoms with Crippen molar-refractivity contribution in [1.29, 1.82) is 0 Å². The van der Waals surface area contributed by atoms with Gasteiger partial charge >= 0.3 is 0 Å². The van der Waals surface area contributed by atoms with E-state index < -0.39 is 0 Å². The first-order valence-electron chi connectivity index (χ1n) is 6.17. The van der Waals surface area contributed by atoms with Crippen molar-refractivity contribution in [3.05, 3.63) is 34.0 Å². The zero-order valence-electron chi connectivity index (χ0n) is 10.5. The normalized spacial score (nSPS) is 16.0. The smallest absolute Gasteiger partial charge is 0.290 e. The molecule has 0 unspecified atom stereocenters. The van der Waals surface area contributed by atoms with Crippen molar-refractivity contribution < 1.29 is 0 Å². The van der Waals surface area contributed by atoms with Crippen LogP contribution < -0.4 is 5.56 Å². The Balaban J connectivity index is 2.33.